The summed E-state index contributed by atoms with van der Waals surface area (Å²) >= 11 is 0. The van der Waals surface area contributed by atoms with Crippen LogP contribution in [0.5, 0.6) is 5.75 Å². The van der Waals surface area contributed by atoms with E-state index in [-0.39, 0.29) is 6.61 Å². The van der Waals surface area contributed by atoms with E-state index in [9.17, 15) is 0 Å². The van der Waals surface area contributed by atoms with Gasteiger partial charge in [0.25, 0.3) is 0 Å². The van der Waals surface area contributed by atoms with Crippen molar-refractivity contribution < 1.29 is 4.74 Å². The molecule has 0 bridgehead atoms. The van der Waals surface area contributed by atoms with E-state index in [4.69, 9.17) is 10.00 Å². The zero-order valence-corrected chi connectivity index (χ0v) is 10.6. The van der Waals surface area contributed by atoms with Crippen molar-refractivity contribution in [3.8, 4) is 11.8 Å². The highest BCUT2D eigenvalue weighted by Crippen LogP contribution is 2.17. The fraction of sp³-hybridized carbons (Fsp3) is 0.214. The molecular weight excluding hydrogens is 240 g/mol. The highest BCUT2D eigenvalue weighted by atomic mass is 16.5. The molecule has 2 rings (SSSR count). The first-order chi connectivity index (χ1) is 9.33. The molecule has 2 aromatic rings. The van der Waals surface area contributed by atoms with E-state index >= 15 is 0 Å². The quantitative estimate of drug-likeness (QED) is 0.886. The molecular formula is C14H14N4O. The van der Waals surface area contributed by atoms with Crippen LogP contribution in [0.15, 0.2) is 36.7 Å². The van der Waals surface area contributed by atoms with Crippen molar-refractivity contribution in [3.05, 3.63) is 47.9 Å². The number of nitriles is 1. The molecule has 0 saturated heterocycles. The zero-order chi connectivity index (χ0) is 13.5. The van der Waals surface area contributed by atoms with Gasteiger partial charge in [0.1, 0.15) is 24.2 Å². The molecule has 19 heavy (non-hydrogen) atoms. The van der Waals surface area contributed by atoms with Gasteiger partial charge in [-0.1, -0.05) is 12.1 Å². The van der Waals surface area contributed by atoms with Crippen molar-refractivity contribution in [3.63, 3.8) is 0 Å². The molecule has 1 N–H and O–H groups in total. The van der Waals surface area contributed by atoms with Crippen LogP contribution in [0, 0.1) is 11.3 Å². The predicted octanol–water partition coefficient (Wildman–Crippen LogP) is 2.36. The molecule has 96 valence electrons. The molecule has 1 aromatic carbocycles. The Balaban J connectivity index is 2.00. The minimum absolute atomic E-state index is 0.290. The van der Waals surface area contributed by atoms with Gasteiger partial charge in [0.15, 0.2) is 0 Å². The van der Waals surface area contributed by atoms with Crippen LogP contribution in [0.2, 0.25) is 0 Å². The molecule has 0 atom stereocenters. The standard InChI is InChI=1S/C14H14N4O/c1-2-16-14-9-17-12(8-18-14)10-19-13-6-4-3-5-11(13)7-15/h3-6,8-9H,2,10H2,1H3,(H,16,18). The third kappa shape index (κ3) is 3.42. The lowest BCUT2D eigenvalue weighted by molar-refractivity contribution is 0.300. The van der Waals surface area contributed by atoms with Crippen molar-refractivity contribution in [1.82, 2.24) is 9.97 Å². The molecule has 0 saturated carbocycles. The number of nitrogens with one attached hydrogen (secondary N) is 1. The Morgan fingerprint density at radius 3 is 2.79 bits per heavy atom. The molecule has 0 fully saturated rings. The Morgan fingerprint density at radius 2 is 2.11 bits per heavy atom. The summed E-state index contributed by atoms with van der Waals surface area (Å²) in [4.78, 5) is 8.44. The second kappa shape index (κ2) is 6.36. The second-order valence-corrected chi connectivity index (χ2v) is 3.82. The molecule has 1 heterocycles. The Kier molecular flexibility index (Phi) is 4.29. The van der Waals surface area contributed by atoms with Crippen LogP contribution in [0.1, 0.15) is 18.2 Å². The van der Waals surface area contributed by atoms with Crippen LogP contribution in [-0.4, -0.2) is 16.5 Å². The molecule has 0 unspecified atom stereocenters. The summed E-state index contributed by atoms with van der Waals surface area (Å²) in [5, 5.41) is 12.0. The number of ether oxygens (including phenoxy) is 1. The topological polar surface area (TPSA) is 70.8 Å². The largest absolute Gasteiger partial charge is 0.486 e. The van der Waals surface area contributed by atoms with E-state index in [0.29, 0.717) is 11.3 Å². The second-order valence-electron chi connectivity index (χ2n) is 3.82. The van der Waals surface area contributed by atoms with Crippen molar-refractivity contribution >= 4 is 5.82 Å². The van der Waals surface area contributed by atoms with E-state index in [1.807, 2.05) is 13.0 Å². The molecule has 0 aliphatic heterocycles. The van der Waals surface area contributed by atoms with Crippen molar-refractivity contribution in [1.29, 1.82) is 5.26 Å². The fourth-order valence-electron chi connectivity index (χ4n) is 1.54. The van der Waals surface area contributed by atoms with Crippen molar-refractivity contribution in [2.45, 2.75) is 13.5 Å². The summed E-state index contributed by atoms with van der Waals surface area (Å²) in [5.41, 5.74) is 1.23. The van der Waals surface area contributed by atoms with Gasteiger partial charge < -0.3 is 10.1 Å². The van der Waals surface area contributed by atoms with Crippen LogP contribution in [0.25, 0.3) is 0 Å². The summed E-state index contributed by atoms with van der Waals surface area (Å²) in [5.74, 6) is 1.30. The molecule has 5 nitrogen and oxygen atoms in total. The number of aromatic nitrogens is 2. The summed E-state index contributed by atoms with van der Waals surface area (Å²) in [6, 6.07) is 9.20. The summed E-state index contributed by atoms with van der Waals surface area (Å²) in [6.45, 7) is 3.09. The number of benzene rings is 1. The van der Waals surface area contributed by atoms with E-state index in [1.165, 1.54) is 0 Å². The summed E-state index contributed by atoms with van der Waals surface area (Å²) in [7, 11) is 0. The van der Waals surface area contributed by atoms with E-state index in [1.54, 1.807) is 30.6 Å². The van der Waals surface area contributed by atoms with Crippen LogP contribution < -0.4 is 10.1 Å². The van der Waals surface area contributed by atoms with Gasteiger partial charge in [-0.3, -0.25) is 4.98 Å². The van der Waals surface area contributed by atoms with E-state index in [2.05, 4.69) is 21.4 Å². The maximum Gasteiger partial charge on any atom is 0.144 e. The number of para-hydroxylation sites is 1. The number of hydrogen-bond acceptors (Lipinski definition) is 5. The van der Waals surface area contributed by atoms with E-state index < -0.39 is 0 Å². The minimum atomic E-state index is 0.290. The number of anilines is 1. The van der Waals surface area contributed by atoms with Gasteiger partial charge in [-0.25, -0.2) is 4.98 Å². The van der Waals surface area contributed by atoms with Crippen LogP contribution in [0.3, 0.4) is 0 Å². The van der Waals surface area contributed by atoms with Crippen LogP contribution in [0.4, 0.5) is 5.82 Å². The Hall–Kier alpha value is -2.61. The molecule has 0 spiro atoms. The third-order valence-electron chi connectivity index (χ3n) is 2.45. The summed E-state index contributed by atoms with van der Waals surface area (Å²) in [6.07, 6.45) is 3.32. The van der Waals surface area contributed by atoms with Gasteiger partial charge in [-0.2, -0.15) is 5.26 Å². The smallest absolute Gasteiger partial charge is 0.144 e. The van der Waals surface area contributed by atoms with E-state index in [0.717, 1.165) is 18.1 Å². The zero-order valence-electron chi connectivity index (χ0n) is 10.6. The Labute approximate surface area is 111 Å². The number of hydrogen-bond donors (Lipinski definition) is 1. The summed E-state index contributed by atoms with van der Waals surface area (Å²) < 4.78 is 5.57. The molecule has 1 aromatic heterocycles. The highest BCUT2D eigenvalue weighted by Gasteiger charge is 2.03. The average Bonchev–Trinajstić information content (AvgIpc) is 2.47. The Morgan fingerprint density at radius 1 is 1.26 bits per heavy atom. The molecule has 0 aliphatic rings. The van der Waals surface area contributed by atoms with Crippen molar-refractivity contribution in [2.75, 3.05) is 11.9 Å². The van der Waals surface area contributed by atoms with Gasteiger partial charge in [0.2, 0.25) is 0 Å². The fourth-order valence-corrected chi connectivity index (χ4v) is 1.54. The molecule has 5 heteroatoms. The first kappa shape index (κ1) is 12.8. The first-order valence-corrected chi connectivity index (χ1v) is 6.00. The molecule has 0 aliphatic carbocycles. The third-order valence-corrected chi connectivity index (χ3v) is 2.45. The van der Waals surface area contributed by atoms with Gasteiger partial charge in [-0.15, -0.1) is 0 Å². The Bertz CT molecular complexity index is 575. The molecule has 0 radical (unpaired) electrons. The number of nitrogens with zero attached hydrogens (tertiary/aromatic N) is 3. The lowest BCUT2D eigenvalue weighted by Gasteiger charge is -2.07. The first-order valence-electron chi connectivity index (χ1n) is 6.00. The average molecular weight is 254 g/mol. The molecule has 0 amide bonds. The monoisotopic (exact) mass is 254 g/mol. The lowest BCUT2D eigenvalue weighted by Crippen LogP contribution is -2.03. The number of rotatable bonds is 5. The van der Waals surface area contributed by atoms with Crippen LogP contribution >= 0.6 is 0 Å². The van der Waals surface area contributed by atoms with Gasteiger partial charge in [-0.05, 0) is 19.1 Å². The maximum absolute atomic E-state index is 8.94. The van der Waals surface area contributed by atoms with Gasteiger partial charge >= 0.3 is 0 Å². The van der Waals surface area contributed by atoms with Crippen LogP contribution in [-0.2, 0) is 6.61 Å². The normalized spacial score (nSPS) is 9.68. The maximum atomic E-state index is 8.94. The van der Waals surface area contributed by atoms with Crippen molar-refractivity contribution in [2.24, 2.45) is 0 Å². The van der Waals surface area contributed by atoms with Gasteiger partial charge in [0.05, 0.1) is 23.7 Å². The minimum Gasteiger partial charge on any atom is -0.486 e. The predicted molar refractivity (Wildman–Crippen MR) is 71.7 cm³/mol. The van der Waals surface area contributed by atoms with Gasteiger partial charge in [0, 0.05) is 6.54 Å². The SMILES string of the molecule is CCNc1cnc(COc2ccccc2C#N)cn1. The lowest BCUT2D eigenvalue weighted by atomic mass is 10.2. The highest BCUT2D eigenvalue weighted by molar-refractivity contribution is 5.42.